The van der Waals surface area contributed by atoms with Crippen LogP contribution in [0.2, 0.25) is 0 Å². The van der Waals surface area contributed by atoms with Gasteiger partial charge in [0.15, 0.2) is 0 Å². The molecule has 4 nitrogen and oxygen atoms in total. The number of carbonyl (C=O) groups excluding carboxylic acids is 1. The van der Waals surface area contributed by atoms with Crippen LogP contribution in [-0.2, 0) is 17.0 Å². The molecule has 1 N–H and O–H groups in total. The number of para-hydroxylation sites is 1. The molecule has 1 heterocycles. The predicted molar refractivity (Wildman–Crippen MR) is 112 cm³/mol. The summed E-state index contributed by atoms with van der Waals surface area (Å²) in [6.45, 7) is 2.80. The zero-order valence-corrected chi connectivity index (χ0v) is 16.4. The second-order valence-corrected chi connectivity index (χ2v) is 7.62. The first-order chi connectivity index (χ1) is 13.2. The molecule has 3 rings (SSSR count). The van der Waals surface area contributed by atoms with Crippen LogP contribution in [0, 0.1) is 6.92 Å². The minimum atomic E-state index is 0.0957. The van der Waals surface area contributed by atoms with Gasteiger partial charge in [0, 0.05) is 30.7 Å². The largest absolute Gasteiger partial charge is 0.355 e. The number of carbonyl (C=O) groups is 1. The van der Waals surface area contributed by atoms with Crippen LogP contribution < -0.4 is 5.32 Å². The number of hydrogen-bond acceptors (Lipinski definition) is 3. The van der Waals surface area contributed by atoms with Gasteiger partial charge in [0.05, 0.1) is 11.9 Å². The molecule has 2 aromatic carbocycles. The lowest BCUT2D eigenvalue weighted by Gasteiger charge is -2.05. The van der Waals surface area contributed by atoms with E-state index in [1.54, 1.807) is 0 Å². The molecular weight excluding hydrogens is 354 g/mol. The SMILES string of the molecule is Cc1ccc(CSCCNC(=O)CCc2cnn(-c3ccccc3)c2)cc1. The van der Waals surface area contributed by atoms with Gasteiger partial charge in [-0.1, -0.05) is 48.0 Å². The Balaban J connectivity index is 1.32. The van der Waals surface area contributed by atoms with Crippen LogP contribution in [0.3, 0.4) is 0 Å². The first-order valence-corrected chi connectivity index (χ1v) is 10.3. The highest BCUT2D eigenvalue weighted by Gasteiger charge is 2.05. The first kappa shape index (κ1) is 19.2. The number of amides is 1. The van der Waals surface area contributed by atoms with Crippen molar-refractivity contribution >= 4 is 17.7 Å². The van der Waals surface area contributed by atoms with Crippen LogP contribution in [0.4, 0.5) is 0 Å². The van der Waals surface area contributed by atoms with Crippen molar-refractivity contribution in [1.29, 1.82) is 0 Å². The number of nitrogens with one attached hydrogen (secondary N) is 1. The lowest BCUT2D eigenvalue weighted by Crippen LogP contribution is -2.25. The standard InChI is InChI=1S/C22H25N3OS/c1-18-7-9-19(10-8-18)17-27-14-13-23-22(26)12-11-20-15-24-25(16-20)21-5-3-2-4-6-21/h2-10,15-16H,11-14,17H2,1H3,(H,23,26). The van der Waals surface area contributed by atoms with Crippen molar-refractivity contribution in [3.8, 4) is 5.69 Å². The zero-order chi connectivity index (χ0) is 18.9. The number of aromatic nitrogens is 2. The first-order valence-electron chi connectivity index (χ1n) is 9.20. The van der Waals surface area contributed by atoms with E-state index in [-0.39, 0.29) is 5.91 Å². The third-order valence-corrected chi connectivity index (χ3v) is 5.29. The molecule has 27 heavy (non-hydrogen) atoms. The van der Waals surface area contributed by atoms with E-state index >= 15 is 0 Å². The van der Waals surface area contributed by atoms with Crippen LogP contribution in [-0.4, -0.2) is 28.0 Å². The van der Waals surface area contributed by atoms with Gasteiger partial charge in [0.1, 0.15) is 0 Å². The topological polar surface area (TPSA) is 46.9 Å². The molecular formula is C22H25N3OS. The molecule has 5 heteroatoms. The minimum absolute atomic E-state index is 0.0957. The summed E-state index contributed by atoms with van der Waals surface area (Å²) in [4.78, 5) is 12.0. The molecule has 0 bridgehead atoms. The molecule has 1 amide bonds. The summed E-state index contributed by atoms with van der Waals surface area (Å²) >= 11 is 1.84. The van der Waals surface area contributed by atoms with E-state index < -0.39 is 0 Å². The van der Waals surface area contributed by atoms with E-state index in [1.165, 1.54) is 11.1 Å². The van der Waals surface area contributed by atoms with E-state index in [9.17, 15) is 4.79 Å². The van der Waals surface area contributed by atoms with Gasteiger partial charge in [-0.2, -0.15) is 16.9 Å². The van der Waals surface area contributed by atoms with Crippen molar-refractivity contribution in [3.05, 3.63) is 83.7 Å². The third-order valence-electron chi connectivity index (χ3n) is 4.26. The Labute approximate surface area is 165 Å². The van der Waals surface area contributed by atoms with Gasteiger partial charge in [-0.15, -0.1) is 0 Å². The maximum Gasteiger partial charge on any atom is 0.220 e. The predicted octanol–water partition coefficient (Wildman–Crippen LogP) is 4.16. The average Bonchev–Trinajstić information content (AvgIpc) is 3.17. The summed E-state index contributed by atoms with van der Waals surface area (Å²) in [5, 5.41) is 7.37. The number of thioether (sulfide) groups is 1. The highest BCUT2D eigenvalue weighted by Crippen LogP contribution is 2.12. The van der Waals surface area contributed by atoms with E-state index in [2.05, 4.69) is 41.6 Å². The fourth-order valence-electron chi connectivity index (χ4n) is 2.69. The normalized spacial score (nSPS) is 10.7. The molecule has 3 aromatic rings. The number of aryl methyl sites for hydroxylation is 2. The fraction of sp³-hybridized carbons (Fsp3) is 0.273. The Hall–Kier alpha value is -2.53. The lowest BCUT2D eigenvalue weighted by molar-refractivity contribution is -0.120. The Bertz CT molecular complexity index is 844. The summed E-state index contributed by atoms with van der Waals surface area (Å²) in [6, 6.07) is 18.6. The summed E-state index contributed by atoms with van der Waals surface area (Å²) < 4.78 is 1.84. The van der Waals surface area contributed by atoms with Crippen LogP contribution in [0.5, 0.6) is 0 Å². The highest BCUT2D eigenvalue weighted by molar-refractivity contribution is 7.98. The second-order valence-electron chi connectivity index (χ2n) is 6.52. The maximum absolute atomic E-state index is 12.0. The smallest absolute Gasteiger partial charge is 0.220 e. The van der Waals surface area contributed by atoms with Crippen LogP contribution in [0.1, 0.15) is 23.1 Å². The molecule has 0 saturated heterocycles. The Kier molecular flexibility index (Phi) is 7.11. The molecule has 1 aromatic heterocycles. The maximum atomic E-state index is 12.0. The third kappa shape index (κ3) is 6.29. The van der Waals surface area contributed by atoms with Crippen LogP contribution in [0.15, 0.2) is 67.0 Å². The summed E-state index contributed by atoms with van der Waals surface area (Å²) in [5.74, 6) is 2.00. The highest BCUT2D eigenvalue weighted by atomic mass is 32.2. The molecule has 0 radical (unpaired) electrons. The van der Waals surface area contributed by atoms with E-state index in [0.717, 1.165) is 22.8 Å². The molecule has 0 fully saturated rings. The van der Waals surface area contributed by atoms with Crippen LogP contribution >= 0.6 is 11.8 Å². The molecule has 0 unspecified atom stereocenters. The van der Waals surface area contributed by atoms with E-state index in [1.807, 2.05) is 59.2 Å². The second kappa shape index (κ2) is 9.97. The van der Waals surface area contributed by atoms with Gasteiger partial charge in [-0.05, 0) is 36.6 Å². The molecule has 0 spiro atoms. The van der Waals surface area contributed by atoms with Crippen LogP contribution in [0.25, 0.3) is 5.69 Å². The van der Waals surface area contributed by atoms with Gasteiger partial charge < -0.3 is 5.32 Å². The quantitative estimate of drug-likeness (QED) is 0.568. The van der Waals surface area contributed by atoms with Gasteiger partial charge in [-0.25, -0.2) is 4.68 Å². The van der Waals surface area contributed by atoms with Crippen molar-refractivity contribution < 1.29 is 4.79 Å². The number of nitrogens with zero attached hydrogens (tertiary/aromatic N) is 2. The van der Waals surface area contributed by atoms with Crippen molar-refractivity contribution in [2.75, 3.05) is 12.3 Å². The van der Waals surface area contributed by atoms with Gasteiger partial charge in [0.25, 0.3) is 0 Å². The molecule has 140 valence electrons. The molecule has 0 aliphatic heterocycles. The Morgan fingerprint density at radius 1 is 1.07 bits per heavy atom. The number of benzene rings is 2. The van der Waals surface area contributed by atoms with Gasteiger partial charge in [0.2, 0.25) is 5.91 Å². The summed E-state index contributed by atoms with van der Waals surface area (Å²) in [5.41, 5.74) is 4.71. The molecule has 0 aliphatic carbocycles. The lowest BCUT2D eigenvalue weighted by atomic mass is 10.2. The molecule has 0 saturated carbocycles. The van der Waals surface area contributed by atoms with Crippen molar-refractivity contribution in [2.45, 2.75) is 25.5 Å². The number of rotatable bonds is 9. The zero-order valence-electron chi connectivity index (χ0n) is 15.6. The van der Waals surface area contributed by atoms with E-state index in [0.29, 0.717) is 19.4 Å². The fourth-order valence-corrected chi connectivity index (χ4v) is 3.51. The van der Waals surface area contributed by atoms with Gasteiger partial charge in [-0.3, -0.25) is 4.79 Å². The molecule has 0 aliphatic rings. The molecule has 0 atom stereocenters. The van der Waals surface area contributed by atoms with Gasteiger partial charge >= 0.3 is 0 Å². The summed E-state index contributed by atoms with van der Waals surface area (Å²) in [7, 11) is 0. The Morgan fingerprint density at radius 3 is 2.63 bits per heavy atom. The van der Waals surface area contributed by atoms with E-state index in [4.69, 9.17) is 0 Å². The summed E-state index contributed by atoms with van der Waals surface area (Å²) in [6.07, 6.45) is 5.01. The number of hydrogen-bond donors (Lipinski definition) is 1. The Morgan fingerprint density at radius 2 is 1.85 bits per heavy atom. The van der Waals surface area contributed by atoms with Crippen molar-refractivity contribution in [2.24, 2.45) is 0 Å². The minimum Gasteiger partial charge on any atom is -0.355 e. The average molecular weight is 380 g/mol. The van der Waals surface area contributed by atoms with Crippen molar-refractivity contribution in [3.63, 3.8) is 0 Å². The monoisotopic (exact) mass is 379 g/mol. The van der Waals surface area contributed by atoms with Crippen molar-refractivity contribution in [1.82, 2.24) is 15.1 Å².